The molecule has 2 aromatic carbocycles. The van der Waals surface area contributed by atoms with E-state index in [1.54, 1.807) is 32.2 Å². The van der Waals surface area contributed by atoms with Gasteiger partial charge in [0, 0.05) is 11.3 Å². The van der Waals surface area contributed by atoms with Crippen molar-refractivity contribution < 1.29 is 14.3 Å². The maximum atomic E-state index is 12.2. The highest BCUT2D eigenvalue weighted by Crippen LogP contribution is 2.25. The number of hydrazone groups is 1. The van der Waals surface area contributed by atoms with Gasteiger partial charge >= 0.3 is 0 Å². The number of hydrogen-bond donors (Lipinski definition) is 2. The van der Waals surface area contributed by atoms with E-state index >= 15 is 0 Å². The molecular formula is C20H23N3O3. The van der Waals surface area contributed by atoms with Crippen molar-refractivity contribution >= 4 is 23.2 Å². The predicted octanol–water partition coefficient (Wildman–Crippen LogP) is 3.45. The van der Waals surface area contributed by atoms with Crippen molar-refractivity contribution in [2.45, 2.75) is 27.2 Å². The molecule has 6 nitrogen and oxygen atoms in total. The molecular weight excluding hydrogens is 330 g/mol. The number of anilines is 1. The number of rotatable bonds is 6. The Morgan fingerprint density at radius 3 is 2.50 bits per heavy atom. The van der Waals surface area contributed by atoms with Crippen LogP contribution >= 0.6 is 0 Å². The van der Waals surface area contributed by atoms with E-state index in [1.165, 1.54) is 0 Å². The van der Waals surface area contributed by atoms with Gasteiger partial charge in [-0.1, -0.05) is 23.8 Å². The molecule has 0 bridgehead atoms. The fourth-order valence-corrected chi connectivity index (χ4v) is 2.38. The zero-order valence-electron chi connectivity index (χ0n) is 15.4. The molecule has 0 unspecified atom stereocenters. The van der Waals surface area contributed by atoms with Gasteiger partial charge < -0.3 is 10.1 Å². The van der Waals surface area contributed by atoms with Gasteiger partial charge in [-0.15, -0.1) is 0 Å². The molecule has 136 valence electrons. The first-order chi connectivity index (χ1) is 12.4. The molecule has 0 aromatic heterocycles. The Labute approximate surface area is 153 Å². The number of hydrogen-bond acceptors (Lipinski definition) is 4. The third-order valence-electron chi connectivity index (χ3n) is 3.67. The van der Waals surface area contributed by atoms with Gasteiger partial charge in [0.15, 0.2) is 0 Å². The van der Waals surface area contributed by atoms with Gasteiger partial charge in [0.25, 0.3) is 5.91 Å². The zero-order chi connectivity index (χ0) is 19.1. The van der Waals surface area contributed by atoms with Gasteiger partial charge in [0.2, 0.25) is 5.91 Å². The lowest BCUT2D eigenvalue weighted by atomic mass is 10.1. The molecule has 0 atom stereocenters. The molecule has 0 spiro atoms. The second kappa shape index (κ2) is 8.80. The minimum Gasteiger partial charge on any atom is -0.495 e. The minimum absolute atomic E-state index is 0.0607. The van der Waals surface area contributed by atoms with Gasteiger partial charge in [-0.05, 0) is 50.6 Å². The lowest BCUT2D eigenvalue weighted by Gasteiger charge is -2.11. The Morgan fingerprint density at radius 2 is 1.81 bits per heavy atom. The third kappa shape index (κ3) is 5.44. The Balaban J connectivity index is 1.95. The molecule has 0 radical (unpaired) electrons. The normalized spacial score (nSPS) is 11.0. The maximum Gasteiger partial charge on any atom is 0.271 e. The van der Waals surface area contributed by atoms with Gasteiger partial charge in [-0.25, -0.2) is 5.43 Å². The predicted molar refractivity (Wildman–Crippen MR) is 103 cm³/mol. The summed E-state index contributed by atoms with van der Waals surface area (Å²) in [6.45, 7) is 5.53. The lowest BCUT2D eigenvalue weighted by Crippen LogP contribution is -2.21. The average Bonchev–Trinajstić information content (AvgIpc) is 2.59. The first kappa shape index (κ1) is 19.2. The van der Waals surface area contributed by atoms with Crippen molar-refractivity contribution in [3.63, 3.8) is 0 Å². The smallest absolute Gasteiger partial charge is 0.271 e. The van der Waals surface area contributed by atoms with E-state index in [1.807, 2.05) is 38.1 Å². The van der Waals surface area contributed by atoms with Gasteiger partial charge in [0.05, 0.1) is 19.2 Å². The average molecular weight is 353 g/mol. The summed E-state index contributed by atoms with van der Waals surface area (Å²) in [6, 6.07) is 12.7. The van der Waals surface area contributed by atoms with Crippen LogP contribution in [0.3, 0.4) is 0 Å². The van der Waals surface area contributed by atoms with Crippen LogP contribution in [-0.4, -0.2) is 24.6 Å². The number of ether oxygens (including phenoxy) is 1. The molecule has 2 N–H and O–H groups in total. The van der Waals surface area contributed by atoms with Crippen molar-refractivity contribution in [1.82, 2.24) is 5.43 Å². The number of nitrogens with zero attached hydrogens (tertiary/aromatic N) is 1. The van der Waals surface area contributed by atoms with Crippen molar-refractivity contribution in [2.24, 2.45) is 5.10 Å². The van der Waals surface area contributed by atoms with Crippen molar-refractivity contribution in [3.05, 3.63) is 59.2 Å². The number of carbonyl (C=O) groups is 2. The standard InChI is InChI=1S/C20H23N3O3/c1-13-6-5-7-16(10-13)20(25)23-22-15(3)12-19(24)21-17-11-14(2)8-9-18(17)26-4/h5-11H,12H2,1-4H3,(H,21,24)(H,23,25)/b22-15+. The van der Waals surface area contributed by atoms with Crippen LogP contribution in [-0.2, 0) is 4.79 Å². The van der Waals surface area contributed by atoms with Gasteiger partial charge in [0.1, 0.15) is 5.75 Å². The van der Waals surface area contributed by atoms with Gasteiger partial charge in [-0.3, -0.25) is 9.59 Å². The van der Waals surface area contributed by atoms with Crippen LogP contribution in [0.5, 0.6) is 5.75 Å². The third-order valence-corrected chi connectivity index (χ3v) is 3.67. The number of amides is 2. The maximum absolute atomic E-state index is 12.2. The van der Waals surface area contributed by atoms with E-state index in [2.05, 4.69) is 15.8 Å². The molecule has 0 aliphatic carbocycles. The largest absolute Gasteiger partial charge is 0.495 e. The van der Waals surface area contributed by atoms with Crippen LogP contribution < -0.4 is 15.5 Å². The van der Waals surface area contributed by atoms with Crippen LogP contribution in [0.2, 0.25) is 0 Å². The Bertz CT molecular complexity index is 844. The summed E-state index contributed by atoms with van der Waals surface area (Å²) < 4.78 is 5.24. The quantitative estimate of drug-likeness (QED) is 0.617. The molecule has 0 aliphatic heterocycles. The lowest BCUT2D eigenvalue weighted by molar-refractivity contribution is -0.115. The zero-order valence-corrected chi connectivity index (χ0v) is 15.4. The first-order valence-electron chi connectivity index (χ1n) is 8.23. The van der Waals surface area contributed by atoms with Crippen molar-refractivity contribution in [2.75, 3.05) is 12.4 Å². The van der Waals surface area contributed by atoms with E-state index in [9.17, 15) is 9.59 Å². The number of nitrogens with one attached hydrogen (secondary N) is 2. The number of carbonyl (C=O) groups excluding carboxylic acids is 2. The number of methoxy groups -OCH3 is 1. The molecule has 2 aromatic rings. The summed E-state index contributed by atoms with van der Waals surface area (Å²) in [4.78, 5) is 24.3. The monoisotopic (exact) mass is 353 g/mol. The summed E-state index contributed by atoms with van der Waals surface area (Å²) in [5.41, 5.74) is 6.10. The van der Waals surface area contributed by atoms with Gasteiger partial charge in [-0.2, -0.15) is 5.10 Å². The van der Waals surface area contributed by atoms with Crippen molar-refractivity contribution in [3.8, 4) is 5.75 Å². The molecule has 0 saturated carbocycles. The van der Waals surface area contributed by atoms with Crippen LogP contribution in [0, 0.1) is 13.8 Å². The highest BCUT2D eigenvalue weighted by atomic mass is 16.5. The van der Waals surface area contributed by atoms with E-state index < -0.39 is 0 Å². The summed E-state index contributed by atoms with van der Waals surface area (Å²) in [5.74, 6) is 0.0417. The van der Waals surface area contributed by atoms with Crippen LogP contribution in [0.15, 0.2) is 47.6 Å². The first-order valence-corrected chi connectivity index (χ1v) is 8.23. The Kier molecular flexibility index (Phi) is 6.49. The van der Waals surface area contributed by atoms with E-state index in [0.717, 1.165) is 11.1 Å². The highest BCUT2D eigenvalue weighted by molar-refractivity contribution is 6.06. The minimum atomic E-state index is -0.311. The summed E-state index contributed by atoms with van der Waals surface area (Å²) in [7, 11) is 1.55. The van der Waals surface area contributed by atoms with Crippen LogP contribution in [0.1, 0.15) is 34.8 Å². The van der Waals surface area contributed by atoms with E-state index in [4.69, 9.17) is 4.74 Å². The Hall–Kier alpha value is -3.15. The molecule has 0 fully saturated rings. The number of aryl methyl sites for hydroxylation is 2. The van der Waals surface area contributed by atoms with E-state index in [0.29, 0.717) is 22.7 Å². The topological polar surface area (TPSA) is 79.8 Å². The molecule has 26 heavy (non-hydrogen) atoms. The second-order valence-electron chi connectivity index (χ2n) is 6.09. The summed E-state index contributed by atoms with van der Waals surface area (Å²) in [6.07, 6.45) is 0.0607. The SMILES string of the molecule is COc1ccc(C)cc1NC(=O)C/C(C)=N/NC(=O)c1cccc(C)c1. The molecule has 2 amide bonds. The summed E-state index contributed by atoms with van der Waals surface area (Å²) in [5, 5.41) is 6.80. The molecule has 6 heteroatoms. The van der Waals surface area contributed by atoms with Crippen LogP contribution in [0.25, 0.3) is 0 Å². The second-order valence-corrected chi connectivity index (χ2v) is 6.09. The number of benzene rings is 2. The van der Waals surface area contributed by atoms with E-state index in [-0.39, 0.29) is 18.2 Å². The molecule has 0 saturated heterocycles. The molecule has 2 rings (SSSR count). The van der Waals surface area contributed by atoms with Crippen molar-refractivity contribution in [1.29, 1.82) is 0 Å². The van der Waals surface area contributed by atoms with Crippen LogP contribution in [0.4, 0.5) is 5.69 Å². The molecule has 0 heterocycles. The fraction of sp³-hybridized carbons (Fsp3) is 0.250. The highest BCUT2D eigenvalue weighted by Gasteiger charge is 2.10. The fourth-order valence-electron chi connectivity index (χ4n) is 2.38. The summed E-state index contributed by atoms with van der Waals surface area (Å²) >= 11 is 0. The molecule has 0 aliphatic rings. The Morgan fingerprint density at radius 1 is 1.08 bits per heavy atom.